The van der Waals surface area contributed by atoms with E-state index < -0.39 is 0 Å². The Morgan fingerprint density at radius 1 is 1.47 bits per heavy atom. The maximum atomic E-state index is 10.8. The number of rotatable bonds is 5. The number of likely N-dealkylation sites (tertiary alicyclic amines) is 1. The van der Waals surface area contributed by atoms with Gasteiger partial charge in [-0.25, -0.2) is 0 Å². The van der Waals surface area contributed by atoms with E-state index in [0.29, 0.717) is 12.0 Å². The lowest BCUT2D eigenvalue weighted by atomic mass is 9.99. The van der Waals surface area contributed by atoms with Crippen molar-refractivity contribution >= 4 is 16.3 Å². The molecule has 6 heteroatoms. The topological polar surface area (TPSA) is 58.4 Å². The molecule has 3 rings (SSSR count). The number of nitrogens with one attached hydrogen (secondary N) is 1. The van der Waals surface area contributed by atoms with Gasteiger partial charge < -0.3 is 5.32 Å². The van der Waals surface area contributed by atoms with Crippen LogP contribution in [-0.2, 0) is 0 Å². The molecule has 2 fully saturated rings. The van der Waals surface area contributed by atoms with Gasteiger partial charge in [-0.1, -0.05) is 11.3 Å². The fourth-order valence-electron chi connectivity index (χ4n) is 2.89. The van der Waals surface area contributed by atoms with Crippen LogP contribution in [0.25, 0.3) is 0 Å². The molecule has 1 aromatic heterocycles. The minimum atomic E-state index is -0.291. The summed E-state index contributed by atoms with van der Waals surface area (Å²) in [5.41, 5.74) is 0. The zero-order valence-corrected chi connectivity index (χ0v) is 11.9. The van der Waals surface area contributed by atoms with Gasteiger partial charge in [0.2, 0.25) is 0 Å². The van der Waals surface area contributed by atoms with Crippen LogP contribution in [0.5, 0.6) is 0 Å². The summed E-state index contributed by atoms with van der Waals surface area (Å²) in [6.07, 6.45) is 3.78. The first-order valence-corrected chi connectivity index (χ1v) is 7.64. The molecule has 1 aromatic rings. The van der Waals surface area contributed by atoms with Crippen molar-refractivity contribution < 1.29 is 4.92 Å². The summed E-state index contributed by atoms with van der Waals surface area (Å²) >= 11 is 1.33. The molecule has 19 heavy (non-hydrogen) atoms. The summed E-state index contributed by atoms with van der Waals surface area (Å²) in [7, 11) is 2.12. The molecule has 2 aliphatic rings. The highest BCUT2D eigenvalue weighted by atomic mass is 32.1. The van der Waals surface area contributed by atoms with E-state index in [-0.39, 0.29) is 9.92 Å². The third-order valence-corrected chi connectivity index (χ3v) is 5.21. The SMILES string of the molecule is CN1CCC(CNC2CC2)C1c1ccc([N+](=O)[O-])s1. The molecule has 1 aliphatic heterocycles. The first kappa shape index (κ1) is 13.0. The molecule has 1 aliphatic carbocycles. The minimum absolute atomic E-state index is 0.254. The van der Waals surface area contributed by atoms with E-state index in [2.05, 4.69) is 17.3 Å². The molecule has 1 saturated heterocycles. The molecule has 1 saturated carbocycles. The molecule has 0 spiro atoms. The third kappa shape index (κ3) is 2.80. The van der Waals surface area contributed by atoms with E-state index in [9.17, 15) is 10.1 Å². The van der Waals surface area contributed by atoms with Crippen LogP contribution in [0.2, 0.25) is 0 Å². The highest BCUT2D eigenvalue weighted by Gasteiger charge is 2.35. The van der Waals surface area contributed by atoms with E-state index in [1.165, 1.54) is 30.6 Å². The second kappa shape index (κ2) is 5.19. The first-order valence-electron chi connectivity index (χ1n) is 6.83. The molecule has 2 atom stereocenters. The molecule has 0 radical (unpaired) electrons. The fraction of sp³-hybridized carbons (Fsp3) is 0.692. The van der Waals surface area contributed by atoms with Crippen molar-refractivity contribution in [1.29, 1.82) is 0 Å². The molecule has 2 heterocycles. The number of nitrogens with zero attached hydrogens (tertiary/aromatic N) is 2. The normalized spacial score (nSPS) is 27.8. The van der Waals surface area contributed by atoms with E-state index >= 15 is 0 Å². The van der Waals surface area contributed by atoms with Crippen LogP contribution in [0, 0.1) is 16.0 Å². The number of hydrogen-bond acceptors (Lipinski definition) is 5. The van der Waals surface area contributed by atoms with Crippen molar-refractivity contribution in [2.24, 2.45) is 5.92 Å². The zero-order valence-electron chi connectivity index (χ0n) is 11.0. The Balaban J connectivity index is 1.72. The molecule has 0 aromatic carbocycles. The Hall–Kier alpha value is -0.980. The lowest BCUT2D eigenvalue weighted by Crippen LogP contribution is -2.29. The summed E-state index contributed by atoms with van der Waals surface area (Å²) < 4.78 is 0. The highest BCUT2D eigenvalue weighted by molar-refractivity contribution is 7.15. The molecule has 1 N–H and O–H groups in total. The standard InChI is InChI=1S/C13H19N3O2S/c1-15-7-6-9(8-14-10-2-3-10)13(15)11-4-5-12(19-11)16(17)18/h4-5,9-10,13-14H,2-3,6-8H2,1H3. The summed E-state index contributed by atoms with van der Waals surface area (Å²) in [5, 5.41) is 14.7. The van der Waals surface area contributed by atoms with Gasteiger partial charge in [0.1, 0.15) is 0 Å². The van der Waals surface area contributed by atoms with Crippen molar-refractivity contribution in [3.63, 3.8) is 0 Å². The Labute approximate surface area is 116 Å². The Morgan fingerprint density at radius 2 is 2.26 bits per heavy atom. The molecule has 0 bridgehead atoms. The molecule has 5 nitrogen and oxygen atoms in total. The summed E-state index contributed by atoms with van der Waals surface area (Å²) in [6.45, 7) is 2.11. The van der Waals surface area contributed by atoms with E-state index in [1.54, 1.807) is 6.07 Å². The third-order valence-electron chi connectivity index (χ3n) is 4.10. The summed E-state index contributed by atoms with van der Waals surface area (Å²) in [4.78, 5) is 14.0. The predicted octanol–water partition coefficient (Wildman–Crippen LogP) is 2.40. The van der Waals surface area contributed by atoms with Crippen molar-refractivity contribution in [3.05, 3.63) is 27.1 Å². The summed E-state index contributed by atoms with van der Waals surface area (Å²) in [5.74, 6) is 0.573. The number of hydrogen-bond donors (Lipinski definition) is 1. The maximum absolute atomic E-state index is 10.8. The van der Waals surface area contributed by atoms with Crippen LogP contribution >= 0.6 is 11.3 Å². The molecular weight excluding hydrogens is 262 g/mol. The zero-order chi connectivity index (χ0) is 13.4. The maximum Gasteiger partial charge on any atom is 0.324 e. The fourth-order valence-corrected chi connectivity index (χ4v) is 3.98. The van der Waals surface area contributed by atoms with Gasteiger partial charge >= 0.3 is 5.00 Å². The van der Waals surface area contributed by atoms with Gasteiger partial charge in [-0.2, -0.15) is 0 Å². The van der Waals surface area contributed by atoms with E-state index in [4.69, 9.17) is 0 Å². The van der Waals surface area contributed by atoms with Gasteiger partial charge in [0.15, 0.2) is 0 Å². The highest BCUT2D eigenvalue weighted by Crippen LogP contribution is 2.41. The Morgan fingerprint density at radius 3 is 2.89 bits per heavy atom. The summed E-state index contributed by atoms with van der Waals surface area (Å²) in [6, 6.07) is 4.63. The average molecular weight is 281 g/mol. The molecular formula is C13H19N3O2S. The van der Waals surface area contributed by atoms with Crippen LogP contribution in [-0.4, -0.2) is 36.0 Å². The quantitative estimate of drug-likeness (QED) is 0.665. The van der Waals surface area contributed by atoms with Gasteiger partial charge in [0.25, 0.3) is 0 Å². The number of nitro groups is 1. The predicted molar refractivity (Wildman–Crippen MR) is 75.5 cm³/mol. The van der Waals surface area contributed by atoms with Gasteiger partial charge in [-0.15, -0.1) is 0 Å². The van der Waals surface area contributed by atoms with Crippen molar-refractivity contribution in [1.82, 2.24) is 10.2 Å². The Bertz CT molecular complexity index is 472. The van der Waals surface area contributed by atoms with Crippen molar-refractivity contribution in [3.8, 4) is 0 Å². The largest absolute Gasteiger partial charge is 0.324 e. The van der Waals surface area contributed by atoms with Gasteiger partial charge in [0.05, 0.1) is 4.92 Å². The number of thiophene rings is 1. The lowest BCUT2D eigenvalue weighted by Gasteiger charge is -2.24. The second-order valence-electron chi connectivity index (χ2n) is 5.59. The minimum Gasteiger partial charge on any atom is -0.314 e. The second-order valence-corrected chi connectivity index (χ2v) is 6.68. The smallest absolute Gasteiger partial charge is 0.314 e. The monoisotopic (exact) mass is 281 g/mol. The van der Waals surface area contributed by atoms with E-state index in [0.717, 1.165) is 24.0 Å². The van der Waals surface area contributed by atoms with Crippen LogP contribution in [0.3, 0.4) is 0 Å². The van der Waals surface area contributed by atoms with Crippen LogP contribution in [0.4, 0.5) is 5.00 Å². The molecule has 2 unspecified atom stereocenters. The van der Waals surface area contributed by atoms with Crippen molar-refractivity contribution in [2.45, 2.75) is 31.3 Å². The van der Waals surface area contributed by atoms with Gasteiger partial charge in [-0.05, 0) is 44.8 Å². The van der Waals surface area contributed by atoms with Crippen LogP contribution < -0.4 is 5.32 Å². The van der Waals surface area contributed by atoms with Crippen LogP contribution in [0.15, 0.2) is 12.1 Å². The van der Waals surface area contributed by atoms with Gasteiger partial charge in [0, 0.05) is 29.6 Å². The average Bonchev–Trinajstić information content (AvgIpc) is 2.94. The van der Waals surface area contributed by atoms with Gasteiger partial charge in [-0.3, -0.25) is 15.0 Å². The van der Waals surface area contributed by atoms with E-state index in [1.807, 2.05) is 6.07 Å². The van der Waals surface area contributed by atoms with Crippen molar-refractivity contribution in [2.75, 3.05) is 20.1 Å². The molecule has 0 amide bonds. The lowest BCUT2D eigenvalue weighted by molar-refractivity contribution is -0.380. The Kier molecular flexibility index (Phi) is 3.56. The van der Waals surface area contributed by atoms with Crippen LogP contribution in [0.1, 0.15) is 30.2 Å². The molecule has 104 valence electrons. The first-order chi connectivity index (χ1) is 9.15.